The second-order valence-electron chi connectivity index (χ2n) is 4.82. The number of hydrogen-bond donors (Lipinski definition) is 0. The van der Waals surface area contributed by atoms with E-state index < -0.39 is 0 Å². The van der Waals surface area contributed by atoms with E-state index in [9.17, 15) is 4.79 Å². The molecule has 0 unspecified atom stereocenters. The van der Waals surface area contributed by atoms with Gasteiger partial charge in [-0.25, -0.2) is 0 Å². The molecular weight excluding hydrogens is 232 g/mol. The van der Waals surface area contributed by atoms with E-state index in [0.29, 0.717) is 6.42 Å². The molecule has 0 amide bonds. The van der Waals surface area contributed by atoms with Crippen molar-refractivity contribution in [3.8, 4) is 0 Å². The molecule has 0 heterocycles. The third-order valence-electron chi connectivity index (χ3n) is 2.99. The molecule has 0 saturated carbocycles. The van der Waals surface area contributed by atoms with Gasteiger partial charge in [-0.05, 0) is 44.2 Å². The number of allylic oxidation sites excluding steroid dienone is 2. The maximum absolute atomic E-state index is 10.5. The molecule has 100 valence electrons. The van der Waals surface area contributed by atoms with Crippen molar-refractivity contribution in [1.82, 2.24) is 0 Å². The average Bonchev–Trinajstić information content (AvgIpc) is 2.29. The van der Waals surface area contributed by atoms with Crippen LogP contribution in [0.4, 0.5) is 0 Å². The Morgan fingerprint density at radius 2 is 1.65 bits per heavy atom. The summed E-state index contributed by atoms with van der Waals surface area (Å²) in [6.45, 7) is 4.44. The number of halogens is 1. The summed E-state index contributed by atoms with van der Waals surface area (Å²) in [5.74, 6) is 0. The lowest BCUT2D eigenvalue weighted by molar-refractivity contribution is -0.111. The predicted molar refractivity (Wildman–Crippen MR) is 76.5 cm³/mol. The van der Waals surface area contributed by atoms with Gasteiger partial charge in [-0.15, -0.1) is 0 Å². The summed E-state index contributed by atoms with van der Waals surface area (Å²) in [5, 5.41) is -0.216. The van der Waals surface area contributed by atoms with Crippen LogP contribution in [-0.2, 0) is 4.79 Å². The van der Waals surface area contributed by atoms with Crippen LogP contribution in [0.1, 0.15) is 78.1 Å². The number of unbranched alkanes of at least 4 members (excludes halogenated alkanes) is 6. The lowest BCUT2D eigenvalue weighted by atomic mass is 10.0. The van der Waals surface area contributed by atoms with Gasteiger partial charge in [-0.3, -0.25) is 4.79 Å². The highest BCUT2D eigenvalue weighted by molar-refractivity contribution is 6.63. The number of hydrogen-bond acceptors (Lipinski definition) is 1. The third kappa shape index (κ3) is 13.6. The molecule has 0 aliphatic heterocycles. The maximum atomic E-state index is 10.5. The fourth-order valence-electron chi connectivity index (χ4n) is 1.88. The van der Waals surface area contributed by atoms with Gasteiger partial charge in [-0.1, -0.05) is 50.7 Å². The lowest BCUT2D eigenvalue weighted by Gasteiger charge is -2.02. The molecule has 0 aliphatic rings. The molecule has 0 rings (SSSR count). The first-order valence-electron chi connectivity index (χ1n) is 7.00. The Morgan fingerprint density at radius 1 is 1.00 bits per heavy atom. The molecule has 0 aliphatic carbocycles. The van der Waals surface area contributed by atoms with Crippen molar-refractivity contribution in [3.63, 3.8) is 0 Å². The largest absolute Gasteiger partial charge is 0.281 e. The molecule has 0 bridgehead atoms. The summed E-state index contributed by atoms with van der Waals surface area (Å²) >= 11 is 5.28. The van der Waals surface area contributed by atoms with Crippen molar-refractivity contribution in [1.29, 1.82) is 0 Å². The summed E-state index contributed by atoms with van der Waals surface area (Å²) < 4.78 is 0. The van der Waals surface area contributed by atoms with Crippen LogP contribution in [0.3, 0.4) is 0 Å². The first kappa shape index (κ1) is 16.7. The number of rotatable bonds is 11. The lowest BCUT2D eigenvalue weighted by Crippen LogP contribution is -1.85. The van der Waals surface area contributed by atoms with E-state index in [0.717, 1.165) is 12.8 Å². The minimum Gasteiger partial charge on any atom is -0.281 e. The molecule has 17 heavy (non-hydrogen) atoms. The van der Waals surface area contributed by atoms with Crippen LogP contribution in [0.5, 0.6) is 0 Å². The summed E-state index contributed by atoms with van der Waals surface area (Å²) in [5.41, 5.74) is 1.46. The molecule has 0 spiro atoms. The molecule has 0 aromatic heterocycles. The normalized spacial score (nSPS) is 11.8. The standard InChI is InChI=1S/C15H27ClO/c1-3-4-5-6-7-8-11-14(2)12-9-10-13-15(16)17/h12H,3-11,13H2,1-2H3. The van der Waals surface area contributed by atoms with Gasteiger partial charge in [0.05, 0.1) is 0 Å². The minimum absolute atomic E-state index is 0.216. The number of carbonyl (C=O) groups excluding carboxylic acids is 1. The quantitative estimate of drug-likeness (QED) is 0.267. The SMILES string of the molecule is CCCCCCCCC(C)=CCCCC(=O)Cl. The van der Waals surface area contributed by atoms with E-state index in [1.807, 2.05) is 0 Å². The van der Waals surface area contributed by atoms with Crippen molar-refractivity contribution in [3.05, 3.63) is 11.6 Å². The summed E-state index contributed by atoms with van der Waals surface area (Å²) in [7, 11) is 0. The highest BCUT2D eigenvalue weighted by Crippen LogP contribution is 2.12. The molecule has 0 radical (unpaired) electrons. The summed E-state index contributed by atoms with van der Waals surface area (Å²) in [6, 6.07) is 0. The molecular formula is C15H27ClO. The van der Waals surface area contributed by atoms with Crippen molar-refractivity contribution in [2.45, 2.75) is 78.1 Å². The van der Waals surface area contributed by atoms with Crippen molar-refractivity contribution >= 4 is 16.8 Å². The van der Waals surface area contributed by atoms with Gasteiger partial charge in [0.2, 0.25) is 5.24 Å². The van der Waals surface area contributed by atoms with Gasteiger partial charge < -0.3 is 0 Å². The van der Waals surface area contributed by atoms with Gasteiger partial charge in [0, 0.05) is 6.42 Å². The topological polar surface area (TPSA) is 17.1 Å². The first-order valence-corrected chi connectivity index (χ1v) is 7.38. The Labute approximate surface area is 112 Å². The second-order valence-corrected chi connectivity index (χ2v) is 5.24. The van der Waals surface area contributed by atoms with Crippen LogP contribution in [0.2, 0.25) is 0 Å². The highest BCUT2D eigenvalue weighted by atomic mass is 35.5. The first-order chi connectivity index (χ1) is 8.16. The van der Waals surface area contributed by atoms with E-state index in [-0.39, 0.29) is 5.24 Å². The Kier molecular flexibility index (Phi) is 12.0. The van der Waals surface area contributed by atoms with Gasteiger partial charge in [0.25, 0.3) is 0 Å². The van der Waals surface area contributed by atoms with Crippen molar-refractivity contribution in [2.24, 2.45) is 0 Å². The van der Waals surface area contributed by atoms with Crippen LogP contribution < -0.4 is 0 Å². The van der Waals surface area contributed by atoms with Gasteiger partial charge in [-0.2, -0.15) is 0 Å². The van der Waals surface area contributed by atoms with Crippen LogP contribution in [0, 0.1) is 0 Å². The monoisotopic (exact) mass is 258 g/mol. The zero-order valence-electron chi connectivity index (χ0n) is 11.4. The number of carbonyl (C=O) groups is 1. The average molecular weight is 259 g/mol. The maximum Gasteiger partial charge on any atom is 0.221 e. The van der Waals surface area contributed by atoms with E-state index in [4.69, 9.17) is 11.6 Å². The van der Waals surface area contributed by atoms with Crippen LogP contribution in [0.25, 0.3) is 0 Å². The van der Waals surface area contributed by atoms with Crippen LogP contribution in [0.15, 0.2) is 11.6 Å². The van der Waals surface area contributed by atoms with Crippen LogP contribution in [-0.4, -0.2) is 5.24 Å². The molecule has 0 N–H and O–H groups in total. The van der Waals surface area contributed by atoms with Crippen LogP contribution >= 0.6 is 11.6 Å². The Hall–Kier alpha value is -0.300. The second kappa shape index (κ2) is 12.2. The molecule has 0 aromatic carbocycles. The van der Waals surface area contributed by atoms with E-state index in [1.54, 1.807) is 0 Å². The molecule has 0 aromatic rings. The van der Waals surface area contributed by atoms with Crippen molar-refractivity contribution in [2.75, 3.05) is 0 Å². The van der Waals surface area contributed by atoms with E-state index in [1.165, 1.54) is 50.5 Å². The molecule has 1 nitrogen and oxygen atoms in total. The predicted octanol–water partition coefficient (Wildman–Crippen LogP) is 5.62. The van der Waals surface area contributed by atoms with Crippen molar-refractivity contribution < 1.29 is 4.79 Å². The Morgan fingerprint density at radius 3 is 2.29 bits per heavy atom. The summed E-state index contributed by atoms with van der Waals surface area (Å²) in [4.78, 5) is 10.5. The molecule has 0 saturated heterocycles. The summed E-state index contributed by atoms with van der Waals surface area (Å²) in [6.07, 6.45) is 14.0. The zero-order chi connectivity index (χ0) is 12.9. The minimum atomic E-state index is -0.216. The smallest absolute Gasteiger partial charge is 0.221 e. The molecule has 0 fully saturated rings. The Bertz CT molecular complexity index is 221. The van der Waals surface area contributed by atoms with E-state index >= 15 is 0 Å². The third-order valence-corrected chi connectivity index (χ3v) is 3.18. The fourth-order valence-corrected chi connectivity index (χ4v) is 2.01. The van der Waals surface area contributed by atoms with Gasteiger partial charge in [0.15, 0.2) is 0 Å². The van der Waals surface area contributed by atoms with E-state index in [2.05, 4.69) is 19.9 Å². The highest BCUT2D eigenvalue weighted by Gasteiger charge is 1.95. The fraction of sp³-hybridized carbons (Fsp3) is 0.800. The zero-order valence-corrected chi connectivity index (χ0v) is 12.2. The molecule has 2 heteroatoms. The van der Waals surface area contributed by atoms with Gasteiger partial charge in [0.1, 0.15) is 0 Å². The molecule has 0 atom stereocenters. The Balaban J connectivity index is 3.34. The van der Waals surface area contributed by atoms with Gasteiger partial charge >= 0.3 is 0 Å².